The quantitative estimate of drug-likeness (QED) is 0.616. The molecule has 1 aliphatic heterocycles. The molecule has 2 N–H and O–H groups in total. The maximum absolute atomic E-state index is 12.7. The summed E-state index contributed by atoms with van der Waals surface area (Å²) in [4.78, 5) is 40.6. The average Bonchev–Trinajstić information content (AvgIpc) is 3.05. The number of hydrogen-bond acceptors (Lipinski definition) is 7. The van der Waals surface area contributed by atoms with Gasteiger partial charge >= 0.3 is 5.97 Å². The van der Waals surface area contributed by atoms with Crippen LogP contribution in [0.3, 0.4) is 0 Å². The van der Waals surface area contributed by atoms with E-state index < -0.39 is 23.9 Å². The summed E-state index contributed by atoms with van der Waals surface area (Å²) < 4.78 is 10.6. The lowest BCUT2D eigenvalue weighted by Gasteiger charge is -2.28. The van der Waals surface area contributed by atoms with E-state index in [1.54, 1.807) is 27.7 Å². The van der Waals surface area contributed by atoms with E-state index in [1.807, 2.05) is 31.2 Å². The van der Waals surface area contributed by atoms with E-state index >= 15 is 0 Å². The van der Waals surface area contributed by atoms with Crippen LogP contribution in [-0.4, -0.2) is 50.7 Å². The van der Waals surface area contributed by atoms with E-state index in [2.05, 4.69) is 15.5 Å². The molecule has 1 aromatic heterocycles. The minimum atomic E-state index is -0.640. The lowest BCUT2D eigenvalue weighted by Crippen LogP contribution is -2.36. The zero-order chi connectivity index (χ0) is 24.2. The lowest BCUT2D eigenvalue weighted by molar-refractivity contribution is -0.123. The van der Waals surface area contributed by atoms with Crippen LogP contribution < -0.4 is 15.5 Å². The van der Waals surface area contributed by atoms with Crippen LogP contribution in [0.15, 0.2) is 24.3 Å². The molecule has 1 saturated heterocycles. The number of nitrogens with one attached hydrogen (secondary N) is 2. The SMILES string of the molecule is Cc1sc(NC(=O)C(C)(C)C)c(C(=O)OCC(=O)Nc2ccc(N3CCOCC3)cc2)c1C. The van der Waals surface area contributed by atoms with Crippen molar-refractivity contribution in [1.82, 2.24) is 0 Å². The number of thiophene rings is 1. The van der Waals surface area contributed by atoms with Gasteiger partial charge in [0, 0.05) is 34.8 Å². The number of nitrogens with zero attached hydrogens (tertiary/aromatic N) is 1. The van der Waals surface area contributed by atoms with Gasteiger partial charge < -0.3 is 25.0 Å². The fourth-order valence-corrected chi connectivity index (χ4v) is 4.27. The Morgan fingerprint density at radius 2 is 1.70 bits per heavy atom. The second-order valence-corrected chi connectivity index (χ2v) is 10.2. The highest BCUT2D eigenvalue weighted by molar-refractivity contribution is 7.16. The van der Waals surface area contributed by atoms with Gasteiger partial charge in [-0.1, -0.05) is 20.8 Å². The molecule has 1 aliphatic rings. The van der Waals surface area contributed by atoms with E-state index in [-0.39, 0.29) is 11.5 Å². The fraction of sp³-hybridized carbons (Fsp3) is 0.458. The van der Waals surface area contributed by atoms with Crippen LogP contribution >= 0.6 is 11.3 Å². The zero-order valence-corrected chi connectivity index (χ0v) is 20.6. The average molecular weight is 474 g/mol. The van der Waals surface area contributed by atoms with Gasteiger partial charge in [0.1, 0.15) is 5.00 Å². The van der Waals surface area contributed by atoms with Gasteiger partial charge in [0.2, 0.25) is 5.91 Å². The van der Waals surface area contributed by atoms with E-state index in [9.17, 15) is 14.4 Å². The van der Waals surface area contributed by atoms with Crippen molar-refractivity contribution < 1.29 is 23.9 Å². The van der Waals surface area contributed by atoms with Gasteiger partial charge in [0.05, 0.1) is 18.8 Å². The van der Waals surface area contributed by atoms with Crippen LogP contribution in [0.2, 0.25) is 0 Å². The molecule has 0 bridgehead atoms. The third kappa shape index (κ3) is 6.33. The highest BCUT2D eigenvalue weighted by Crippen LogP contribution is 2.34. The first-order valence-corrected chi connectivity index (χ1v) is 11.7. The van der Waals surface area contributed by atoms with Crippen molar-refractivity contribution in [2.24, 2.45) is 5.41 Å². The second-order valence-electron chi connectivity index (χ2n) is 8.96. The Hall–Kier alpha value is -2.91. The predicted octanol–water partition coefficient (Wildman–Crippen LogP) is 3.98. The maximum atomic E-state index is 12.7. The Bertz CT molecular complexity index is 1020. The largest absolute Gasteiger partial charge is 0.452 e. The third-order valence-corrected chi connectivity index (χ3v) is 6.48. The van der Waals surface area contributed by atoms with Crippen LogP contribution in [0.5, 0.6) is 0 Å². The molecule has 0 saturated carbocycles. The summed E-state index contributed by atoms with van der Waals surface area (Å²) in [5.74, 6) is -1.28. The van der Waals surface area contributed by atoms with Gasteiger partial charge in [-0.15, -0.1) is 11.3 Å². The number of carbonyl (C=O) groups is 3. The standard InChI is InChI=1S/C24H31N3O5S/c1-15-16(2)33-21(26-23(30)24(3,4)5)20(15)22(29)32-14-19(28)25-17-6-8-18(9-7-17)27-10-12-31-13-11-27/h6-9H,10-14H2,1-5H3,(H,25,28)(H,26,30). The molecule has 0 spiro atoms. The minimum Gasteiger partial charge on any atom is -0.452 e. The first-order valence-electron chi connectivity index (χ1n) is 10.9. The molecule has 9 heteroatoms. The number of amides is 2. The van der Waals surface area contributed by atoms with E-state index in [1.165, 1.54) is 11.3 Å². The topological polar surface area (TPSA) is 97.0 Å². The molecule has 3 rings (SSSR count). The molecule has 1 fully saturated rings. The summed E-state index contributed by atoms with van der Waals surface area (Å²) in [6, 6.07) is 7.51. The van der Waals surface area contributed by atoms with E-state index in [0.29, 0.717) is 23.9 Å². The van der Waals surface area contributed by atoms with Crippen molar-refractivity contribution >= 4 is 45.5 Å². The molecule has 1 aromatic carbocycles. The van der Waals surface area contributed by atoms with Gasteiger partial charge in [-0.05, 0) is 43.7 Å². The lowest BCUT2D eigenvalue weighted by atomic mass is 9.96. The van der Waals surface area contributed by atoms with Crippen molar-refractivity contribution in [2.75, 3.05) is 48.4 Å². The summed E-state index contributed by atoms with van der Waals surface area (Å²) in [7, 11) is 0. The number of carbonyl (C=O) groups excluding carboxylic acids is 3. The van der Waals surface area contributed by atoms with Crippen LogP contribution in [-0.2, 0) is 19.1 Å². The van der Waals surface area contributed by atoms with Crippen molar-refractivity contribution in [1.29, 1.82) is 0 Å². The highest BCUT2D eigenvalue weighted by atomic mass is 32.1. The van der Waals surface area contributed by atoms with E-state index in [4.69, 9.17) is 9.47 Å². The number of anilines is 3. The normalized spacial score (nSPS) is 14.0. The Kier molecular flexibility index (Phi) is 7.76. The molecular weight excluding hydrogens is 442 g/mol. The van der Waals surface area contributed by atoms with Gasteiger partial charge in [0.25, 0.3) is 5.91 Å². The number of benzene rings is 1. The van der Waals surface area contributed by atoms with Gasteiger partial charge in [-0.25, -0.2) is 4.79 Å². The monoisotopic (exact) mass is 473 g/mol. The van der Waals surface area contributed by atoms with Crippen LogP contribution in [0.1, 0.15) is 41.6 Å². The minimum absolute atomic E-state index is 0.198. The zero-order valence-electron chi connectivity index (χ0n) is 19.7. The third-order valence-electron chi connectivity index (χ3n) is 5.36. The summed E-state index contributed by atoms with van der Waals surface area (Å²) in [5.41, 5.74) is 2.10. The summed E-state index contributed by atoms with van der Waals surface area (Å²) in [5, 5.41) is 6.00. The number of aryl methyl sites for hydroxylation is 1. The van der Waals surface area contributed by atoms with Crippen LogP contribution in [0.4, 0.5) is 16.4 Å². The van der Waals surface area contributed by atoms with Crippen molar-refractivity contribution in [3.8, 4) is 0 Å². The molecule has 33 heavy (non-hydrogen) atoms. The molecule has 2 heterocycles. The number of hydrogen-bond donors (Lipinski definition) is 2. The molecule has 0 radical (unpaired) electrons. The molecule has 0 atom stereocenters. The molecule has 0 aliphatic carbocycles. The van der Waals surface area contributed by atoms with Crippen molar-refractivity contribution in [3.05, 3.63) is 40.3 Å². The fourth-order valence-electron chi connectivity index (χ4n) is 3.23. The Labute approximate surface area is 198 Å². The number of rotatable bonds is 6. The maximum Gasteiger partial charge on any atom is 0.341 e. The predicted molar refractivity (Wildman–Crippen MR) is 130 cm³/mol. The Morgan fingerprint density at radius 3 is 2.30 bits per heavy atom. The first-order chi connectivity index (χ1) is 15.6. The number of ether oxygens (including phenoxy) is 2. The summed E-state index contributed by atoms with van der Waals surface area (Å²) >= 11 is 1.32. The molecule has 2 aromatic rings. The highest BCUT2D eigenvalue weighted by Gasteiger charge is 2.27. The number of esters is 1. The van der Waals surface area contributed by atoms with Crippen molar-refractivity contribution in [2.45, 2.75) is 34.6 Å². The smallest absolute Gasteiger partial charge is 0.341 e. The van der Waals surface area contributed by atoms with Gasteiger partial charge in [-0.3, -0.25) is 9.59 Å². The molecule has 2 amide bonds. The molecule has 178 valence electrons. The summed E-state index contributed by atoms with van der Waals surface area (Å²) in [6.45, 7) is 11.7. The molecule has 8 nitrogen and oxygen atoms in total. The second kappa shape index (κ2) is 10.4. The van der Waals surface area contributed by atoms with Gasteiger partial charge in [0.15, 0.2) is 6.61 Å². The van der Waals surface area contributed by atoms with Crippen LogP contribution in [0.25, 0.3) is 0 Å². The molecular formula is C24H31N3O5S. The van der Waals surface area contributed by atoms with Crippen molar-refractivity contribution in [3.63, 3.8) is 0 Å². The Morgan fingerprint density at radius 1 is 1.06 bits per heavy atom. The molecule has 0 unspecified atom stereocenters. The first kappa shape index (κ1) is 24.7. The van der Waals surface area contributed by atoms with E-state index in [0.717, 1.165) is 29.2 Å². The Balaban J connectivity index is 1.58. The van der Waals surface area contributed by atoms with Crippen LogP contribution in [0, 0.1) is 19.3 Å². The van der Waals surface area contributed by atoms with Gasteiger partial charge in [-0.2, -0.15) is 0 Å². The summed E-state index contributed by atoms with van der Waals surface area (Å²) in [6.07, 6.45) is 0. The number of morpholine rings is 1.